The highest BCUT2D eigenvalue weighted by Gasteiger charge is 2.24. The SMILES string of the molecule is CCN1CCN(c2nc(-c3ccc(OC4CCCCC4O)cc3)cc3ccccc23)CC1. The van der Waals surface area contributed by atoms with Gasteiger partial charge in [-0.2, -0.15) is 0 Å². The number of piperazine rings is 1. The lowest BCUT2D eigenvalue weighted by atomic mass is 9.95. The van der Waals surface area contributed by atoms with Crippen LogP contribution in [0.15, 0.2) is 54.6 Å². The van der Waals surface area contributed by atoms with Crippen LogP contribution >= 0.6 is 0 Å². The highest BCUT2D eigenvalue weighted by Crippen LogP contribution is 2.32. The summed E-state index contributed by atoms with van der Waals surface area (Å²) >= 11 is 0. The fraction of sp³-hybridized carbons (Fsp3) is 0.444. The van der Waals surface area contributed by atoms with Gasteiger partial charge < -0.3 is 19.6 Å². The third kappa shape index (κ3) is 4.45. The van der Waals surface area contributed by atoms with Gasteiger partial charge in [-0.05, 0) is 61.5 Å². The maximum atomic E-state index is 10.2. The molecule has 0 bridgehead atoms. The van der Waals surface area contributed by atoms with E-state index in [1.54, 1.807) is 0 Å². The van der Waals surface area contributed by atoms with Crippen LogP contribution in [0, 0.1) is 0 Å². The van der Waals surface area contributed by atoms with Crippen molar-refractivity contribution in [1.82, 2.24) is 9.88 Å². The topological polar surface area (TPSA) is 48.8 Å². The third-order valence-electron chi connectivity index (χ3n) is 6.94. The molecule has 1 aliphatic heterocycles. The van der Waals surface area contributed by atoms with Crippen LogP contribution in [0.4, 0.5) is 5.82 Å². The molecule has 0 radical (unpaired) electrons. The average molecular weight is 432 g/mol. The minimum absolute atomic E-state index is 0.0956. The Bertz CT molecular complexity index is 1040. The van der Waals surface area contributed by atoms with E-state index < -0.39 is 0 Å². The van der Waals surface area contributed by atoms with Crippen molar-refractivity contribution < 1.29 is 9.84 Å². The Morgan fingerprint density at radius 1 is 0.969 bits per heavy atom. The van der Waals surface area contributed by atoms with Crippen molar-refractivity contribution in [1.29, 1.82) is 0 Å². The Balaban J connectivity index is 1.41. The summed E-state index contributed by atoms with van der Waals surface area (Å²) in [4.78, 5) is 10.1. The van der Waals surface area contributed by atoms with E-state index in [2.05, 4.69) is 59.2 Å². The summed E-state index contributed by atoms with van der Waals surface area (Å²) in [6.07, 6.45) is 3.51. The molecule has 168 valence electrons. The predicted octanol–water partition coefficient (Wildman–Crippen LogP) is 4.73. The van der Waals surface area contributed by atoms with Crippen LogP contribution in [-0.2, 0) is 0 Å². The standard InChI is InChI=1S/C27H33N3O2/c1-2-29-15-17-30(18-16-29)27-23-8-4-3-7-21(23)19-24(28-27)20-11-13-22(14-12-20)32-26-10-6-5-9-25(26)31/h3-4,7-8,11-14,19,25-26,31H,2,5-6,9-10,15-18H2,1H3. The van der Waals surface area contributed by atoms with E-state index in [1.807, 2.05) is 12.1 Å². The van der Waals surface area contributed by atoms with E-state index in [9.17, 15) is 5.11 Å². The first-order chi connectivity index (χ1) is 15.7. The number of hydrogen-bond donors (Lipinski definition) is 1. The number of likely N-dealkylation sites (N-methyl/N-ethyl adjacent to an activating group) is 1. The number of aliphatic hydroxyl groups is 1. The number of aliphatic hydroxyl groups excluding tert-OH is 1. The lowest BCUT2D eigenvalue weighted by molar-refractivity contribution is 0.00688. The average Bonchev–Trinajstić information content (AvgIpc) is 2.85. The number of anilines is 1. The molecular weight excluding hydrogens is 398 g/mol. The number of hydrogen-bond acceptors (Lipinski definition) is 5. The molecule has 1 aliphatic carbocycles. The fourth-order valence-corrected chi connectivity index (χ4v) is 4.94. The van der Waals surface area contributed by atoms with Crippen molar-refractivity contribution >= 4 is 16.6 Å². The molecule has 1 saturated carbocycles. The zero-order valence-corrected chi connectivity index (χ0v) is 18.9. The lowest BCUT2D eigenvalue weighted by Gasteiger charge is -2.35. The summed E-state index contributed by atoms with van der Waals surface area (Å²) in [6.45, 7) is 7.50. The quantitative estimate of drug-likeness (QED) is 0.633. The molecule has 5 heteroatoms. The van der Waals surface area contributed by atoms with Crippen molar-refractivity contribution in [3.05, 3.63) is 54.6 Å². The highest BCUT2D eigenvalue weighted by molar-refractivity contribution is 5.95. The van der Waals surface area contributed by atoms with E-state index in [4.69, 9.17) is 9.72 Å². The molecule has 5 nitrogen and oxygen atoms in total. The van der Waals surface area contributed by atoms with Crippen molar-refractivity contribution in [3.63, 3.8) is 0 Å². The van der Waals surface area contributed by atoms with Crippen LogP contribution in [0.2, 0.25) is 0 Å². The molecule has 3 aromatic rings. The summed E-state index contributed by atoms with van der Waals surface area (Å²) in [5, 5.41) is 12.6. The smallest absolute Gasteiger partial charge is 0.137 e. The Labute approximate surface area is 190 Å². The number of nitrogens with zero attached hydrogens (tertiary/aromatic N) is 3. The van der Waals surface area contributed by atoms with Crippen LogP contribution in [-0.4, -0.2) is 59.9 Å². The van der Waals surface area contributed by atoms with E-state index in [1.165, 1.54) is 10.8 Å². The van der Waals surface area contributed by atoms with Gasteiger partial charge in [0.25, 0.3) is 0 Å². The summed E-state index contributed by atoms with van der Waals surface area (Å²) in [5.41, 5.74) is 2.07. The normalized spacial score (nSPS) is 22.2. The Morgan fingerprint density at radius 2 is 1.72 bits per heavy atom. The van der Waals surface area contributed by atoms with Gasteiger partial charge in [0, 0.05) is 37.1 Å². The molecule has 2 aliphatic rings. The van der Waals surface area contributed by atoms with Crippen molar-refractivity contribution in [2.24, 2.45) is 0 Å². The molecule has 2 unspecified atom stereocenters. The number of aromatic nitrogens is 1. The summed E-state index contributed by atoms with van der Waals surface area (Å²) < 4.78 is 6.08. The Morgan fingerprint density at radius 3 is 2.47 bits per heavy atom. The van der Waals surface area contributed by atoms with Crippen LogP contribution in [0.1, 0.15) is 32.6 Å². The first kappa shape index (κ1) is 21.2. The fourth-order valence-electron chi connectivity index (χ4n) is 4.94. The zero-order chi connectivity index (χ0) is 21.9. The van der Waals surface area contributed by atoms with Gasteiger partial charge in [-0.1, -0.05) is 37.6 Å². The maximum absolute atomic E-state index is 10.2. The van der Waals surface area contributed by atoms with E-state index in [0.29, 0.717) is 0 Å². The van der Waals surface area contributed by atoms with E-state index in [-0.39, 0.29) is 12.2 Å². The largest absolute Gasteiger partial charge is 0.488 e. The maximum Gasteiger partial charge on any atom is 0.137 e. The van der Waals surface area contributed by atoms with Crippen LogP contribution < -0.4 is 9.64 Å². The Kier molecular flexibility index (Phi) is 6.28. The van der Waals surface area contributed by atoms with Gasteiger partial charge in [0.15, 0.2) is 0 Å². The molecule has 2 aromatic carbocycles. The minimum Gasteiger partial charge on any atom is -0.488 e. The van der Waals surface area contributed by atoms with Gasteiger partial charge in [-0.15, -0.1) is 0 Å². The molecule has 1 N–H and O–H groups in total. The molecule has 0 spiro atoms. The molecule has 2 heterocycles. The summed E-state index contributed by atoms with van der Waals surface area (Å²) in [5.74, 6) is 1.90. The van der Waals surface area contributed by atoms with Gasteiger partial charge in [0.1, 0.15) is 17.7 Å². The van der Waals surface area contributed by atoms with Gasteiger partial charge in [0.05, 0.1) is 11.8 Å². The van der Waals surface area contributed by atoms with Crippen LogP contribution in [0.25, 0.3) is 22.0 Å². The second kappa shape index (κ2) is 9.47. The molecular formula is C27H33N3O2. The van der Waals surface area contributed by atoms with Crippen LogP contribution in [0.3, 0.4) is 0 Å². The molecule has 5 rings (SSSR count). The molecule has 1 saturated heterocycles. The van der Waals surface area contributed by atoms with Crippen molar-refractivity contribution in [2.45, 2.75) is 44.8 Å². The first-order valence-corrected chi connectivity index (χ1v) is 12.0. The Hall–Kier alpha value is -2.63. The van der Waals surface area contributed by atoms with Crippen molar-refractivity contribution in [2.75, 3.05) is 37.6 Å². The van der Waals surface area contributed by atoms with Gasteiger partial charge in [-0.25, -0.2) is 4.98 Å². The van der Waals surface area contributed by atoms with E-state index in [0.717, 1.165) is 81.2 Å². The molecule has 2 atom stereocenters. The van der Waals surface area contributed by atoms with E-state index >= 15 is 0 Å². The first-order valence-electron chi connectivity index (χ1n) is 12.0. The minimum atomic E-state index is -0.360. The number of ether oxygens (including phenoxy) is 1. The van der Waals surface area contributed by atoms with Crippen molar-refractivity contribution in [3.8, 4) is 17.0 Å². The predicted molar refractivity (Wildman–Crippen MR) is 130 cm³/mol. The van der Waals surface area contributed by atoms with Crippen LogP contribution in [0.5, 0.6) is 5.75 Å². The number of fused-ring (bicyclic) bond motifs is 1. The monoisotopic (exact) mass is 431 g/mol. The molecule has 1 aromatic heterocycles. The number of rotatable bonds is 5. The second-order valence-corrected chi connectivity index (χ2v) is 9.01. The second-order valence-electron chi connectivity index (χ2n) is 9.01. The molecule has 32 heavy (non-hydrogen) atoms. The lowest BCUT2D eigenvalue weighted by Crippen LogP contribution is -2.46. The zero-order valence-electron chi connectivity index (χ0n) is 18.9. The number of pyridine rings is 1. The molecule has 2 fully saturated rings. The summed E-state index contributed by atoms with van der Waals surface area (Å²) in [7, 11) is 0. The van der Waals surface area contributed by atoms with Gasteiger partial charge in [-0.3, -0.25) is 0 Å². The molecule has 0 amide bonds. The number of benzene rings is 2. The van der Waals surface area contributed by atoms with Gasteiger partial charge >= 0.3 is 0 Å². The summed E-state index contributed by atoms with van der Waals surface area (Å²) in [6, 6.07) is 18.9. The highest BCUT2D eigenvalue weighted by atomic mass is 16.5. The van der Waals surface area contributed by atoms with Gasteiger partial charge in [0.2, 0.25) is 0 Å². The third-order valence-corrected chi connectivity index (χ3v) is 6.94.